The van der Waals surface area contributed by atoms with Crippen LogP contribution in [-0.2, 0) is 30.4 Å². The van der Waals surface area contributed by atoms with E-state index in [9.17, 15) is 44.0 Å². The van der Waals surface area contributed by atoms with E-state index in [4.69, 9.17) is 0 Å². The maximum Gasteiger partial charge on any atom is 0.320 e. The van der Waals surface area contributed by atoms with Crippen LogP contribution in [0.3, 0.4) is 0 Å². The number of nitrogens with zero attached hydrogens (tertiary/aromatic N) is 7. The molecule has 1 heterocycles. The van der Waals surface area contributed by atoms with E-state index in [1.807, 2.05) is 0 Å². The lowest BCUT2D eigenvalue weighted by atomic mass is 10.1. The molecule has 6 N–H and O–H groups in total. The molecule has 0 fully saturated rings. The van der Waals surface area contributed by atoms with Gasteiger partial charge in [-0.15, -0.1) is 0 Å². The zero-order valence-electron chi connectivity index (χ0n) is 26.4. The molecule has 0 amide bonds. The molecule has 0 aliphatic heterocycles. The van der Waals surface area contributed by atoms with Crippen molar-refractivity contribution in [1.82, 2.24) is 15.0 Å². The van der Waals surface area contributed by atoms with Crippen molar-refractivity contribution in [2.45, 2.75) is 14.7 Å². The molecule has 0 spiro atoms. The molecular weight excluding hydrogens is 755 g/mol. The highest BCUT2D eigenvalue weighted by atomic mass is 32.2. The normalized spacial score (nSPS) is 12.4. The maximum absolute atomic E-state index is 12.1. The van der Waals surface area contributed by atoms with Gasteiger partial charge in [-0.2, -0.15) is 60.7 Å². The van der Waals surface area contributed by atoms with Crippen LogP contribution in [-0.4, -0.2) is 59.0 Å². The zero-order valence-corrected chi connectivity index (χ0v) is 28.9. The van der Waals surface area contributed by atoms with Gasteiger partial charge in [0, 0.05) is 22.1 Å². The highest BCUT2D eigenvalue weighted by molar-refractivity contribution is 7.86. The molecule has 6 rings (SSSR count). The molecule has 6 aromatic rings. The molecule has 270 valence electrons. The van der Waals surface area contributed by atoms with Gasteiger partial charge in [0.25, 0.3) is 30.4 Å². The molecule has 0 radical (unpaired) electrons. The topological polar surface area (TPSA) is 296 Å². The Morgan fingerprint density at radius 3 is 1.51 bits per heavy atom. The second-order valence-corrected chi connectivity index (χ2v) is 14.9. The standard InChI is InChI=1S/C31H23N9O10S3/c41-31-35-29(32-18-7-11-20(12-8-18)37-39-22-3-1-4-24(15-22)51(42,43)44)34-30(36-31)33-19-9-13-21(14-10-19)38-40-23-16-26-25(28(17-23)53(48,49)50)5-2-6-27(26)52(45,46)47/h1-17H,(H,42,43,44)(H,45,46,47)(H,48,49,50)(H3,32,33,34,35,36,41). The Hall–Kier alpha value is -6.30. The van der Waals surface area contributed by atoms with Crippen LogP contribution in [0.4, 0.5) is 46.0 Å². The number of fused-ring (bicyclic) bond motifs is 1. The lowest BCUT2D eigenvalue weighted by molar-refractivity contribution is 0.430. The third-order valence-corrected chi connectivity index (χ3v) is 9.66. The summed E-state index contributed by atoms with van der Waals surface area (Å²) in [6.45, 7) is 0. The van der Waals surface area contributed by atoms with Crippen LogP contribution in [0.5, 0.6) is 6.01 Å². The second-order valence-electron chi connectivity index (χ2n) is 10.7. The lowest BCUT2D eigenvalue weighted by Crippen LogP contribution is -2.03. The predicted molar refractivity (Wildman–Crippen MR) is 189 cm³/mol. The van der Waals surface area contributed by atoms with Gasteiger partial charge in [-0.25, -0.2) is 0 Å². The van der Waals surface area contributed by atoms with Crippen LogP contribution in [0, 0.1) is 0 Å². The van der Waals surface area contributed by atoms with Gasteiger partial charge in [0.05, 0.1) is 27.6 Å². The van der Waals surface area contributed by atoms with Gasteiger partial charge in [-0.05, 0) is 84.9 Å². The highest BCUT2D eigenvalue weighted by Crippen LogP contribution is 2.34. The van der Waals surface area contributed by atoms with Crippen molar-refractivity contribution in [3.05, 3.63) is 103 Å². The Morgan fingerprint density at radius 1 is 0.472 bits per heavy atom. The molecule has 0 unspecified atom stereocenters. The fourth-order valence-corrected chi connectivity index (χ4v) is 6.64. The molecule has 53 heavy (non-hydrogen) atoms. The first-order valence-corrected chi connectivity index (χ1v) is 19.0. The van der Waals surface area contributed by atoms with Crippen LogP contribution in [0.15, 0.2) is 138 Å². The number of rotatable bonds is 11. The number of anilines is 4. The number of azo groups is 2. The first-order valence-electron chi connectivity index (χ1n) is 14.6. The fourth-order valence-electron chi connectivity index (χ4n) is 4.70. The van der Waals surface area contributed by atoms with Crippen molar-refractivity contribution >= 4 is 87.1 Å². The number of aromatic nitrogens is 3. The summed E-state index contributed by atoms with van der Waals surface area (Å²) in [5, 5.41) is 31.6. The van der Waals surface area contributed by atoms with Crippen LogP contribution < -0.4 is 10.6 Å². The summed E-state index contributed by atoms with van der Waals surface area (Å²) in [5.74, 6) is -0.0471. The largest absolute Gasteiger partial charge is 0.479 e. The Morgan fingerprint density at radius 2 is 0.981 bits per heavy atom. The molecule has 0 aliphatic carbocycles. The van der Waals surface area contributed by atoms with Gasteiger partial charge < -0.3 is 15.7 Å². The minimum atomic E-state index is -4.83. The van der Waals surface area contributed by atoms with Crippen molar-refractivity contribution in [1.29, 1.82) is 0 Å². The molecule has 22 heteroatoms. The van der Waals surface area contributed by atoms with Crippen molar-refractivity contribution < 1.29 is 44.0 Å². The van der Waals surface area contributed by atoms with E-state index < -0.39 is 46.2 Å². The Labute approximate surface area is 300 Å². The number of benzene rings is 5. The predicted octanol–water partition coefficient (Wildman–Crippen LogP) is 6.79. The molecule has 19 nitrogen and oxygen atoms in total. The molecule has 0 saturated heterocycles. The molecule has 0 saturated carbocycles. The molecule has 5 aromatic carbocycles. The summed E-state index contributed by atoms with van der Waals surface area (Å²) in [5.41, 5.74) is 1.74. The first kappa shape index (κ1) is 36.5. The SMILES string of the molecule is O=S(=O)(O)c1cccc(N=Nc2ccc(Nc3nc(O)nc(Nc4ccc(N=Nc5cc(S(=O)(=O)O)c6cccc(S(=O)(=O)O)c6c5)cc4)n3)cc2)c1. The quantitative estimate of drug-likeness (QED) is 0.0583. The number of hydrogen-bond donors (Lipinski definition) is 6. The van der Waals surface area contributed by atoms with E-state index in [0.717, 1.165) is 12.1 Å². The smallest absolute Gasteiger partial charge is 0.320 e. The number of aromatic hydroxyl groups is 1. The minimum Gasteiger partial charge on any atom is -0.479 e. The second kappa shape index (κ2) is 14.4. The Bertz CT molecular complexity index is 2770. The summed E-state index contributed by atoms with van der Waals surface area (Å²) >= 11 is 0. The van der Waals surface area contributed by atoms with E-state index in [1.54, 1.807) is 36.4 Å². The van der Waals surface area contributed by atoms with Crippen LogP contribution in [0.25, 0.3) is 10.8 Å². The van der Waals surface area contributed by atoms with Crippen LogP contribution >= 0.6 is 0 Å². The van der Waals surface area contributed by atoms with E-state index >= 15 is 0 Å². The van der Waals surface area contributed by atoms with Gasteiger partial charge in [-0.3, -0.25) is 13.7 Å². The van der Waals surface area contributed by atoms with E-state index in [1.165, 1.54) is 54.6 Å². The van der Waals surface area contributed by atoms with Crippen molar-refractivity contribution in [3.8, 4) is 6.01 Å². The number of nitrogens with one attached hydrogen (secondary N) is 2. The average Bonchev–Trinajstić information content (AvgIpc) is 3.09. The number of hydrogen-bond acceptors (Lipinski definition) is 16. The monoisotopic (exact) mass is 777 g/mol. The Kier molecular flexibility index (Phi) is 9.90. The van der Waals surface area contributed by atoms with Crippen LogP contribution in [0.2, 0.25) is 0 Å². The van der Waals surface area contributed by atoms with Crippen LogP contribution in [0.1, 0.15) is 0 Å². The van der Waals surface area contributed by atoms with E-state index in [2.05, 4.69) is 46.0 Å². The average molecular weight is 778 g/mol. The summed E-state index contributed by atoms with van der Waals surface area (Å²) in [6.07, 6.45) is 0. The molecular formula is C31H23N9O10S3. The van der Waals surface area contributed by atoms with E-state index in [0.29, 0.717) is 17.1 Å². The van der Waals surface area contributed by atoms with Gasteiger partial charge in [-0.1, -0.05) is 18.2 Å². The van der Waals surface area contributed by atoms with Crippen molar-refractivity contribution in [2.75, 3.05) is 10.6 Å². The molecule has 0 atom stereocenters. The van der Waals surface area contributed by atoms with Gasteiger partial charge >= 0.3 is 6.01 Å². The Balaban J connectivity index is 1.14. The zero-order chi connectivity index (χ0) is 38.0. The highest BCUT2D eigenvalue weighted by Gasteiger charge is 2.21. The lowest BCUT2D eigenvalue weighted by Gasteiger charge is -2.09. The first-order chi connectivity index (χ1) is 25.0. The van der Waals surface area contributed by atoms with Crippen molar-refractivity contribution in [3.63, 3.8) is 0 Å². The molecule has 0 aliphatic rings. The van der Waals surface area contributed by atoms with Gasteiger partial charge in [0.1, 0.15) is 9.79 Å². The molecule has 0 bridgehead atoms. The minimum absolute atomic E-state index is 0.0152. The van der Waals surface area contributed by atoms with Crippen molar-refractivity contribution in [2.24, 2.45) is 20.5 Å². The third kappa shape index (κ3) is 9.14. The summed E-state index contributed by atoms with van der Waals surface area (Å²) < 4.78 is 99.2. The fraction of sp³-hybridized carbons (Fsp3) is 0. The third-order valence-electron chi connectivity index (χ3n) is 7.01. The molecule has 1 aromatic heterocycles. The van der Waals surface area contributed by atoms with E-state index in [-0.39, 0.29) is 44.6 Å². The summed E-state index contributed by atoms with van der Waals surface area (Å²) in [6, 6.07) is 23.1. The summed E-state index contributed by atoms with van der Waals surface area (Å²) in [7, 11) is -14.0. The summed E-state index contributed by atoms with van der Waals surface area (Å²) in [4.78, 5) is 10.4. The maximum atomic E-state index is 12.1. The van der Waals surface area contributed by atoms with Gasteiger partial charge in [0.15, 0.2) is 0 Å². The van der Waals surface area contributed by atoms with Gasteiger partial charge in [0.2, 0.25) is 11.9 Å².